The van der Waals surface area contributed by atoms with E-state index in [4.69, 9.17) is 31.4 Å². The van der Waals surface area contributed by atoms with Gasteiger partial charge in [-0.15, -0.1) is 5.46 Å². The lowest BCUT2D eigenvalue weighted by molar-refractivity contribution is 0.484. The molecule has 5 heteroatoms. The van der Waals surface area contributed by atoms with Gasteiger partial charge in [-0.25, -0.2) is 0 Å². The average molecular weight is 536 g/mol. The molecule has 0 saturated carbocycles. The Morgan fingerprint density at radius 2 is 0.907 bits per heavy atom. The van der Waals surface area contributed by atoms with Gasteiger partial charge in [0.25, 0.3) is 0 Å². The number of phenolic OH excluding ortho intramolecular Hbond substituents is 1. The summed E-state index contributed by atoms with van der Waals surface area (Å²) in [4.78, 5) is 0. The Morgan fingerprint density at radius 3 is 1.56 bits per heavy atom. The van der Waals surface area contributed by atoms with E-state index in [1.165, 1.54) is 32.3 Å². The summed E-state index contributed by atoms with van der Waals surface area (Å²) in [5.41, 5.74) is 4.00. The number of hydrogen-bond acceptors (Lipinski definition) is 1. The van der Waals surface area contributed by atoms with Gasteiger partial charge in [0, 0.05) is 0 Å². The number of aromatic hydroxyl groups is 1. The van der Waals surface area contributed by atoms with E-state index in [2.05, 4.69) is 91.0 Å². The zero-order valence-corrected chi connectivity index (χ0v) is 23.2. The maximum Gasteiger partial charge on any atom is 0.119 e. The molecule has 0 saturated heterocycles. The van der Waals surface area contributed by atoms with E-state index in [1.54, 1.807) is 0 Å². The molecule has 0 aromatic heterocycles. The topological polar surface area (TPSA) is 20.2 Å². The normalized spacial score (nSPS) is 11.7. The molecule has 0 atom stereocenters. The molecule has 0 heterocycles. The second-order valence-electron chi connectivity index (χ2n) is 11.1. The lowest BCUT2D eigenvalue weighted by Crippen LogP contribution is -2.44. The summed E-state index contributed by atoms with van der Waals surface area (Å²) in [5.74, 6) is -0.257. The van der Waals surface area contributed by atoms with Gasteiger partial charge in [0.05, 0.1) is 0 Å². The van der Waals surface area contributed by atoms with E-state index < -0.39 is 0 Å². The van der Waals surface area contributed by atoms with E-state index in [0.717, 1.165) is 38.2 Å². The molecule has 0 unspecified atom stereocenters. The zero-order valence-electron chi connectivity index (χ0n) is 23.2. The first-order valence-corrected chi connectivity index (χ1v) is 14.2. The molecule has 0 bridgehead atoms. The molecule has 0 spiro atoms. The SMILES string of the molecule is [B]c1c([B])c(O)c([B])c(-c2c3ccccc3c(-c3cccc4c3ccc3cc5ccccc5cc34)c3ccccc23)c1[B]. The minimum atomic E-state index is -0.257. The van der Waals surface area contributed by atoms with Crippen molar-refractivity contribution in [3.05, 3.63) is 115 Å². The first-order chi connectivity index (χ1) is 20.9. The van der Waals surface area contributed by atoms with Crippen LogP contribution in [0.5, 0.6) is 5.75 Å². The molecule has 43 heavy (non-hydrogen) atoms. The van der Waals surface area contributed by atoms with E-state index in [0.29, 0.717) is 5.56 Å². The zero-order chi connectivity index (χ0) is 29.4. The fourth-order valence-electron chi connectivity index (χ4n) is 6.77. The molecule has 0 amide bonds. The number of phenols is 1. The van der Waals surface area contributed by atoms with Gasteiger partial charge in [0.2, 0.25) is 0 Å². The Morgan fingerprint density at radius 1 is 0.349 bits per heavy atom. The predicted octanol–water partition coefficient (Wildman–Crippen LogP) is 5.67. The highest BCUT2D eigenvalue weighted by Gasteiger charge is 2.22. The summed E-state index contributed by atoms with van der Waals surface area (Å²) >= 11 is 0. The molecule has 8 radical (unpaired) electrons. The molecule has 0 aliphatic heterocycles. The largest absolute Gasteiger partial charge is 0.509 e. The predicted molar refractivity (Wildman–Crippen MR) is 188 cm³/mol. The quantitative estimate of drug-likeness (QED) is 0.172. The van der Waals surface area contributed by atoms with Crippen LogP contribution in [0.15, 0.2) is 115 Å². The number of rotatable bonds is 2. The van der Waals surface area contributed by atoms with Crippen LogP contribution in [-0.4, -0.2) is 36.5 Å². The molecule has 0 aliphatic rings. The Hall–Kier alpha value is -4.88. The fourth-order valence-corrected chi connectivity index (χ4v) is 6.77. The van der Waals surface area contributed by atoms with Crippen LogP contribution in [-0.2, 0) is 0 Å². The lowest BCUT2D eigenvalue weighted by Gasteiger charge is -2.24. The summed E-state index contributed by atoms with van der Waals surface area (Å²) in [6, 6.07) is 40.5. The van der Waals surface area contributed by atoms with Crippen LogP contribution in [0.2, 0.25) is 0 Å². The molecule has 1 nitrogen and oxygen atoms in total. The van der Waals surface area contributed by atoms with Crippen LogP contribution in [0.25, 0.3) is 76.1 Å². The maximum atomic E-state index is 10.8. The molecular formula is C38H20B4O. The van der Waals surface area contributed by atoms with Gasteiger partial charge < -0.3 is 5.11 Å². The Balaban J connectivity index is 1.53. The van der Waals surface area contributed by atoms with Gasteiger partial charge in [-0.1, -0.05) is 114 Å². The number of hydrogen-bond donors (Lipinski definition) is 1. The molecule has 190 valence electrons. The van der Waals surface area contributed by atoms with Gasteiger partial charge in [-0.05, 0) is 93.7 Å². The minimum Gasteiger partial charge on any atom is -0.509 e. The first-order valence-electron chi connectivity index (χ1n) is 14.2. The molecule has 8 aromatic rings. The summed E-state index contributed by atoms with van der Waals surface area (Å²) < 4.78 is 0. The highest BCUT2D eigenvalue weighted by molar-refractivity contribution is 6.63. The van der Waals surface area contributed by atoms with Crippen LogP contribution >= 0.6 is 0 Å². The van der Waals surface area contributed by atoms with Crippen molar-refractivity contribution in [3.63, 3.8) is 0 Å². The van der Waals surface area contributed by atoms with Crippen molar-refractivity contribution in [1.29, 1.82) is 0 Å². The number of benzene rings is 8. The van der Waals surface area contributed by atoms with Crippen LogP contribution < -0.4 is 21.9 Å². The van der Waals surface area contributed by atoms with Crippen molar-refractivity contribution in [3.8, 4) is 28.0 Å². The summed E-state index contributed by atoms with van der Waals surface area (Å²) in [7, 11) is 25.4. The smallest absolute Gasteiger partial charge is 0.119 e. The summed E-state index contributed by atoms with van der Waals surface area (Å²) in [6.45, 7) is 0. The third-order valence-corrected chi connectivity index (χ3v) is 8.82. The van der Waals surface area contributed by atoms with Crippen molar-refractivity contribution < 1.29 is 5.11 Å². The molecular weight excluding hydrogens is 516 g/mol. The van der Waals surface area contributed by atoms with Crippen LogP contribution in [0.1, 0.15) is 0 Å². The molecule has 0 fully saturated rings. The highest BCUT2D eigenvalue weighted by atomic mass is 16.3. The Bertz CT molecular complexity index is 2380. The van der Waals surface area contributed by atoms with Gasteiger partial charge in [-0.2, -0.15) is 0 Å². The second-order valence-corrected chi connectivity index (χ2v) is 11.1. The monoisotopic (exact) mass is 536 g/mol. The molecule has 8 aromatic carbocycles. The Labute approximate surface area is 254 Å². The van der Waals surface area contributed by atoms with Crippen molar-refractivity contribution in [2.45, 2.75) is 0 Å². The Kier molecular flexibility index (Phi) is 5.74. The van der Waals surface area contributed by atoms with Crippen molar-refractivity contribution in [1.82, 2.24) is 0 Å². The third kappa shape index (κ3) is 3.71. The molecule has 0 aliphatic carbocycles. The lowest BCUT2D eigenvalue weighted by atomic mass is 9.64. The van der Waals surface area contributed by atoms with Crippen molar-refractivity contribution >= 4 is 107 Å². The van der Waals surface area contributed by atoms with Crippen LogP contribution in [0.4, 0.5) is 0 Å². The summed E-state index contributed by atoms with van der Waals surface area (Å²) in [6.07, 6.45) is 0. The van der Waals surface area contributed by atoms with Gasteiger partial charge in [0.15, 0.2) is 0 Å². The van der Waals surface area contributed by atoms with E-state index >= 15 is 0 Å². The number of fused-ring (bicyclic) bond motifs is 6. The van der Waals surface area contributed by atoms with Gasteiger partial charge in [0.1, 0.15) is 37.1 Å². The maximum absolute atomic E-state index is 10.8. The average Bonchev–Trinajstić information content (AvgIpc) is 3.05. The van der Waals surface area contributed by atoms with Crippen molar-refractivity contribution in [2.24, 2.45) is 0 Å². The van der Waals surface area contributed by atoms with Crippen molar-refractivity contribution in [2.75, 3.05) is 0 Å². The van der Waals surface area contributed by atoms with Gasteiger partial charge >= 0.3 is 0 Å². The highest BCUT2D eigenvalue weighted by Crippen LogP contribution is 2.45. The van der Waals surface area contributed by atoms with E-state index in [9.17, 15) is 5.11 Å². The van der Waals surface area contributed by atoms with Crippen LogP contribution in [0, 0.1) is 0 Å². The van der Waals surface area contributed by atoms with E-state index in [-0.39, 0.29) is 27.6 Å². The summed E-state index contributed by atoms with van der Waals surface area (Å²) in [5, 5.41) is 22.0. The van der Waals surface area contributed by atoms with Crippen LogP contribution in [0.3, 0.4) is 0 Å². The standard InChI is InChI=1S/C38H20B4O/c39-34-33(35(40)38(43)37(42)36(34)41)32-28-12-5-3-10-26(28)31(27-11-4-6-13-29(27)32)25-15-7-14-23-24(25)17-16-22-18-20-8-1-2-9-21(20)19-30(22)23/h1-19,43H. The molecule has 1 N–H and O–H groups in total. The first kappa shape index (κ1) is 25.8. The fraction of sp³-hybridized carbons (Fsp3) is 0. The van der Waals surface area contributed by atoms with Gasteiger partial charge in [-0.3, -0.25) is 0 Å². The molecule has 8 rings (SSSR count). The second kappa shape index (κ2) is 9.57. The third-order valence-electron chi connectivity index (χ3n) is 8.82. The minimum absolute atomic E-state index is 0.0141. The van der Waals surface area contributed by atoms with E-state index in [1.807, 2.05) is 24.3 Å².